The molecule has 0 N–H and O–H groups in total. The Morgan fingerprint density at radius 1 is 1.33 bits per heavy atom. The zero-order chi connectivity index (χ0) is 15.2. The fourth-order valence-corrected chi connectivity index (χ4v) is 1.80. The van der Waals surface area contributed by atoms with Crippen LogP contribution >= 0.6 is 0 Å². The molecular weight excluding hydrogens is 270 g/mol. The van der Waals surface area contributed by atoms with Gasteiger partial charge in [0.05, 0.1) is 11.1 Å². The minimum absolute atomic E-state index is 0.157. The highest BCUT2D eigenvalue weighted by molar-refractivity contribution is 5.48. The minimum Gasteiger partial charge on any atom is -0.304 e. The highest BCUT2D eigenvalue weighted by Crippen LogP contribution is 2.10. The van der Waals surface area contributed by atoms with Crippen molar-refractivity contribution < 1.29 is 4.92 Å². The topological polar surface area (TPSA) is 88.9 Å². The molecule has 104 valence electrons. The quantitative estimate of drug-likeness (QED) is 0.635. The normalized spacial score (nSPS) is 10.4. The van der Waals surface area contributed by atoms with Crippen LogP contribution in [0.15, 0.2) is 53.5 Å². The van der Waals surface area contributed by atoms with Gasteiger partial charge < -0.3 is 4.57 Å². The average molecular weight is 281 g/mol. The molecule has 2 rings (SSSR count). The fraction of sp³-hybridized carbons (Fsp3) is 0.0667. The van der Waals surface area contributed by atoms with Crippen molar-refractivity contribution in [3.63, 3.8) is 0 Å². The highest BCUT2D eigenvalue weighted by atomic mass is 16.6. The monoisotopic (exact) mass is 281 g/mol. The molecule has 2 aromatic rings. The smallest absolute Gasteiger partial charge is 0.287 e. The van der Waals surface area contributed by atoms with Crippen LogP contribution in [0.4, 0.5) is 5.69 Å². The van der Waals surface area contributed by atoms with Crippen molar-refractivity contribution in [1.82, 2.24) is 4.57 Å². The molecule has 0 bridgehead atoms. The van der Waals surface area contributed by atoms with Gasteiger partial charge in [0.25, 0.3) is 11.2 Å². The van der Waals surface area contributed by atoms with Crippen molar-refractivity contribution in [2.24, 2.45) is 0 Å². The van der Waals surface area contributed by atoms with Gasteiger partial charge in [-0.15, -0.1) is 0 Å². The molecule has 21 heavy (non-hydrogen) atoms. The van der Waals surface area contributed by atoms with Crippen LogP contribution in [0, 0.1) is 21.4 Å². The molecule has 0 aliphatic carbocycles. The first-order valence-electron chi connectivity index (χ1n) is 6.12. The molecule has 1 heterocycles. The van der Waals surface area contributed by atoms with Crippen molar-refractivity contribution >= 4 is 11.8 Å². The number of nitro groups is 1. The number of hydrogen-bond donors (Lipinski definition) is 0. The second-order valence-electron chi connectivity index (χ2n) is 4.25. The maximum absolute atomic E-state index is 11.9. The lowest BCUT2D eigenvalue weighted by Crippen LogP contribution is -2.22. The molecule has 6 heteroatoms. The minimum atomic E-state index is -0.627. The van der Waals surface area contributed by atoms with E-state index < -0.39 is 10.5 Å². The van der Waals surface area contributed by atoms with Crippen LogP contribution in [0.1, 0.15) is 11.1 Å². The Hall–Kier alpha value is -3.20. The number of nitrogens with zero attached hydrogens (tertiary/aromatic N) is 3. The summed E-state index contributed by atoms with van der Waals surface area (Å²) in [6.45, 7) is 0.157. The summed E-state index contributed by atoms with van der Waals surface area (Å²) in [5.74, 6) is 0. The maximum Gasteiger partial charge on any atom is 0.287 e. The van der Waals surface area contributed by atoms with Gasteiger partial charge in [-0.1, -0.05) is 42.5 Å². The number of benzene rings is 1. The van der Waals surface area contributed by atoms with Gasteiger partial charge in [-0.2, -0.15) is 5.26 Å². The van der Waals surface area contributed by atoms with Crippen molar-refractivity contribution in [3.05, 3.63) is 80.3 Å². The number of nitriles is 1. The molecule has 0 fully saturated rings. The summed E-state index contributed by atoms with van der Waals surface area (Å²) < 4.78 is 1.15. The average Bonchev–Trinajstić information content (AvgIpc) is 2.49. The molecular formula is C15H11N3O3. The van der Waals surface area contributed by atoms with E-state index in [0.717, 1.165) is 22.4 Å². The van der Waals surface area contributed by atoms with Crippen molar-refractivity contribution in [1.29, 1.82) is 5.26 Å². The first-order chi connectivity index (χ1) is 10.1. The maximum atomic E-state index is 11.9. The number of pyridine rings is 1. The Morgan fingerprint density at radius 3 is 2.67 bits per heavy atom. The predicted octanol–water partition coefficient (Wildman–Crippen LogP) is 2.34. The molecule has 0 aliphatic heterocycles. The number of aromatic nitrogens is 1. The zero-order valence-corrected chi connectivity index (χ0v) is 11.0. The van der Waals surface area contributed by atoms with Gasteiger partial charge in [-0.05, 0) is 5.56 Å². The van der Waals surface area contributed by atoms with Gasteiger partial charge in [0, 0.05) is 12.6 Å². The van der Waals surface area contributed by atoms with Gasteiger partial charge in [-0.25, -0.2) is 0 Å². The van der Waals surface area contributed by atoms with Crippen LogP contribution in [0.25, 0.3) is 6.08 Å². The van der Waals surface area contributed by atoms with Crippen molar-refractivity contribution in [3.8, 4) is 6.07 Å². The van der Waals surface area contributed by atoms with Gasteiger partial charge in [-0.3, -0.25) is 14.9 Å². The fourth-order valence-electron chi connectivity index (χ4n) is 1.80. The lowest BCUT2D eigenvalue weighted by atomic mass is 10.2. The summed E-state index contributed by atoms with van der Waals surface area (Å²) >= 11 is 0. The van der Waals surface area contributed by atoms with E-state index in [1.54, 1.807) is 18.2 Å². The lowest BCUT2D eigenvalue weighted by Gasteiger charge is -2.02. The van der Waals surface area contributed by atoms with E-state index in [0.29, 0.717) is 0 Å². The summed E-state index contributed by atoms with van der Waals surface area (Å²) in [5, 5.41) is 19.6. The lowest BCUT2D eigenvalue weighted by molar-refractivity contribution is -0.385. The SMILES string of the molecule is N#Cc1cc([N+](=O)[O-])cn(CC=Cc2ccccc2)c1=O. The summed E-state index contributed by atoms with van der Waals surface area (Å²) in [4.78, 5) is 22.1. The first-order valence-corrected chi connectivity index (χ1v) is 6.12. The highest BCUT2D eigenvalue weighted by Gasteiger charge is 2.12. The molecule has 1 aromatic heterocycles. The standard InChI is InChI=1S/C15H11N3O3/c16-10-13-9-14(18(20)21)11-17(15(13)19)8-4-7-12-5-2-1-3-6-12/h1-7,9,11H,8H2. The van der Waals surface area contributed by atoms with Gasteiger partial charge in [0.15, 0.2) is 0 Å². The Kier molecular flexibility index (Phi) is 4.26. The molecule has 0 unspecified atom stereocenters. The Labute approximate surface area is 120 Å². The Bertz CT molecular complexity index is 786. The third-order valence-corrected chi connectivity index (χ3v) is 2.81. The first kappa shape index (κ1) is 14.2. The van der Waals surface area contributed by atoms with Gasteiger partial charge >= 0.3 is 0 Å². The number of rotatable bonds is 4. The van der Waals surface area contributed by atoms with E-state index in [4.69, 9.17) is 5.26 Å². The summed E-state index contributed by atoms with van der Waals surface area (Å²) in [6, 6.07) is 12.1. The molecule has 1 aromatic carbocycles. The summed E-state index contributed by atoms with van der Waals surface area (Å²) in [6.07, 6.45) is 4.65. The molecule has 0 saturated carbocycles. The molecule has 0 atom stereocenters. The molecule has 0 spiro atoms. The largest absolute Gasteiger partial charge is 0.304 e. The molecule has 0 amide bonds. The Morgan fingerprint density at radius 2 is 2.05 bits per heavy atom. The van der Waals surface area contributed by atoms with Gasteiger partial charge in [0.2, 0.25) is 0 Å². The van der Waals surface area contributed by atoms with E-state index in [2.05, 4.69) is 0 Å². The van der Waals surface area contributed by atoms with Crippen LogP contribution in [-0.2, 0) is 6.54 Å². The zero-order valence-electron chi connectivity index (χ0n) is 11.0. The number of allylic oxidation sites excluding steroid dienone is 1. The van der Waals surface area contributed by atoms with E-state index in [1.807, 2.05) is 30.3 Å². The third-order valence-electron chi connectivity index (χ3n) is 2.81. The summed E-state index contributed by atoms with van der Waals surface area (Å²) in [5.41, 5.74) is -0.103. The number of hydrogen-bond acceptors (Lipinski definition) is 4. The van der Waals surface area contributed by atoms with E-state index >= 15 is 0 Å². The van der Waals surface area contributed by atoms with E-state index in [1.165, 1.54) is 0 Å². The predicted molar refractivity (Wildman–Crippen MR) is 77.5 cm³/mol. The van der Waals surface area contributed by atoms with Crippen LogP contribution < -0.4 is 5.56 Å². The molecule has 0 saturated heterocycles. The van der Waals surface area contributed by atoms with Crippen molar-refractivity contribution in [2.45, 2.75) is 6.54 Å². The van der Waals surface area contributed by atoms with E-state index in [-0.39, 0.29) is 17.8 Å². The van der Waals surface area contributed by atoms with Gasteiger partial charge in [0.1, 0.15) is 11.6 Å². The molecule has 0 aliphatic rings. The second-order valence-corrected chi connectivity index (χ2v) is 4.25. The summed E-state index contributed by atoms with van der Waals surface area (Å²) in [7, 11) is 0. The van der Waals surface area contributed by atoms with Crippen LogP contribution in [0.2, 0.25) is 0 Å². The van der Waals surface area contributed by atoms with Crippen LogP contribution in [0.3, 0.4) is 0 Å². The molecule has 6 nitrogen and oxygen atoms in total. The third kappa shape index (κ3) is 3.42. The van der Waals surface area contributed by atoms with Crippen molar-refractivity contribution in [2.75, 3.05) is 0 Å². The molecule has 0 radical (unpaired) electrons. The van der Waals surface area contributed by atoms with Crippen LogP contribution in [0.5, 0.6) is 0 Å². The van der Waals surface area contributed by atoms with Crippen LogP contribution in [-0.4, -0.2) is 9.49 Å². The second kappa shape index (κ2) is 6.30. The van der Waals surface area contributed by atoms with E-state index in [9.17, 15) is 14.9 Å². The Balaban J connectivity index is 2.30.